The number of aliphatic hydroxyl groups is 2. The van der Waals surface area contributed by atoms with Crippen molar-refractivity contribution >= 4 is 0 Å². The predicted octanol–water partition coefficient (Wildman–Crippen LogP) is -1.80. The molecule has 0 radical (unpaired) electrons. The Kier molecular flexibility index (Phi) is 3.33. The van der Waals surface area contributed by atoms with Gasteiger partial charge in [0, 0.05) is 13.2 Å². The van der Waals surface area contributed by atoms with Crippen molar-refractivity contribution in [3.63, 3.8) is 0 Å². The molecule has 0 bridgehead atoms. The Morgan fingerprint density at radius 2 is 2.22 bits per heavy atom. The lowest BCUT2D eigenvalue weighted by atomic mass is 10.1. The van der Waals surface area contributed by atoms with E-state index in [4.69, 9.17) is 9.84 Å². The van der Waals surface area contributed by atoms with E-state index in [9.17, 15) is 19.1 Å². The van der Waals surface area contributed by atoms with Gasteiger partial charge >= 0.3 is 5.69 Å². The van der Waals surface area contributed by atoms with Gasteiger partial charge in [-0.2, -0.15) is 0 Å². The number of halogens is 1. The average molecular weight is 260 g/mol. The lowest BCUT2D eigenvalue weighted by Crippen LogP contribution is -2.33. The largest absolute Gasteiger partial charge is 0.394 e. The van der Waals surface area contributed by atoms with Gasteiger partial charge in [-0.3, -0.25) is 9.78 Å². The van der Waals surface area contributed by atoms with Crippen molar-refractivity contribution in [2.24, 2.45) is 7.05 Å². The van der Waals surface area contributed by atoms with Crippen LogP contribution in [0.25, 0.3) is 0 Å². The molecule has 8 heteroatoms. The third-order valence-corrected chi connectivity index (χ3v) is 2.94. The van der Waals surface area contributed by atoms with Crippen LogP contribution in [0, 0.1) is 0 Å². The fourth-order valence-electron chi connectivity index (χ4n) is 1.91. The highest BCUT2D eigenvalue weighted by Gasteiger charge is 2.45. The zero-order valence-corrected chi connectivity index (χ0v) is 9.54. The van der Waals surface area contributed by atoms with Crippen molar-refractivity contribution in [2.45, 2.75) is 24.5 Å². The fraction of sp³-hybridized carbons (Fsp3) is 0.600. The number of hydrogen-bond donors (Lipinski definition) is 3. The molecule has 2 rings (SSSR count). The topological polar surface area (TPSA) is 105 Å². The first-order valence-electron chi connectivity index (χ1n) is 5.34. The molecule has 18 heavy (non-hydrogen) atoms. The smallest absolute Gasteiger partial charge is 0.328 e. The zero-order valence-electron chi connectivity index (χ0n) is 9.54. The van der Waals surface area contributed by atoms with Gasteiger partial charge in [0.25, 0.3) is 5.56 Å². The van der Waals surface area contributed by atoms with Crippen LogP contribution in [0.2, 0.25) is 0 Å². The van der Waals surface area contributed by atoms with Crippen LogP contribution in [0.1, 0.15) is 11.7 Å². The first-order valence-corrected chi connectivity index (χ1v) is 5.34. The highest BCUT2D eigenvalue weighted by Crippen LogP contribution is 2.33. The minimum atomic E-state index is -1.83. The van der Waals surface area contributed by atoms with Gasteiger partial charge in [-0.25, -0.2) is 9.18 Å². The Morgan fingerprint density at radius 1 is 1.56 bits per heavy atom. The summed E-state index contributed by atoms with van der Waals surface area (Å²) in [5, 5.41) is 18.4. The maximum Gasteiger partial charge on any atom is 0.328 e. The molecule has 2 heterocycles. The van der Waals surface area contributed by atoms with E-state index < -0.39 is 42.3 Å². The third-order valence-electron chi connectivity index (χ3n) is 2.94. The fourth-order valence-corrected chi connectivity index (χ4v) is 1.91. The lowest BCUT2D eigenvalue weighted by Gasteiger charge is -2.12. The van der Waals surface area contributed by atoms with Gasteiger partial charge in [0.2, 0.25) is 0 Å². The highest BCUT2D eigenvalue weighted by atomic mass is 19.1. The van der Waals surface area contributed by atoms with Gasteiger partial charge in [0.1, 0.15) is 18.3 Å². The van der Waals surface area contributed by atoms with Crippen LogP contribution in [0.5, 0.6) is 0 Å². The monoisotopic (exact) mass is 260 g/mol. The van der Waals surface area contributed by atoms with Crippen molar-refractivity contribution in [2.75, 3.05) is 6.61 Å². The zero-order chi connectivity index (χ0) is 13.4. The van der Waals surface area contributed by atoms with Crippen molar-refractivity contribution in [3.05, 3.63) is 32.6 Å². The molecule has 0 aliphatic carbocycles. The molecule has 0 spiro atoms. The van der Waals surface area contributed by atoms with Crippen LogP contribution in [0.4, 0.5) is 4.39 Å². The molecule has 4 atom stereocenters. The van der Waals surface area contributed by atoms with E-state index in [0.717, 1.165) is 10.8 Å². The summed E-state index contributed by atoms with van der Waals surface area (Å²) in [5.74, 6) is 0. The van der Waals surface area contributed by atoms with Gasteiger partial charge in [-0.15, -0.1) is 0 Å². The van der Waals surface area contributed by atoms with Crippen LogP contribution in [0.15, 0.2) is 15.8 Å². The first-order chi connectivity index (χ1) is 8.45. The summed E-state index contributed by atoms with van der Waals surface area (Å²) in [4.78, 5) is 24.7. The predicted molar refractivity (Wildman–Crippen MR) is 57.9 cm³/mol. The van der Waals surface area contributed by atoms with Crippen molar-refractivity contribution in [1.29, 1.82) is 0 Å². The van der Waals surface area contributed by atoms with E-state index in [1.165, 1.54) is 7.05 Å². The third kappa shape index (κ3) is 1.98. The number of aromatic nitrogens is 2. The summed E-state index contributed by atoms with van der Waals surface area (Å²) in [5.41, 5.74) is -1.49. The van der Waals surface area contributed by atoms with Gasteiger partial charge < -0.3 is 19.5 Å². The van der Waals surface area contributed by atoms with E-state index >= 15 is 0 Å². The Morgan fingerprint density at radius 3 is 2.78 bits per heavy atom. The molecule has 1 saturated heterocycles. The molecule has 1 aliphatic heterocycles. The van der Waals surface area contributed by atoms with E-state index in [2.05, 4.69) is 0 Å². The van der Waals surface area contributed by atoms with Crippen LogP contribution in [-0.2, 0) is 11.8 Å². The summed E-state index contributed by atoms with van der Waals surface area (Å²) in [6, 6.07) is 0. The molecule has 1 aliphatic rings. The Balaban J connectivity index is 2.42. The molecule has 0 amide bonds. The molecule has 3 N–H and O–H groups in total. The number of alkyl halides is 1. The first kappa shape index (κ1) is 12.9. The maximum atomic E-state index is 13.8. The number of aromatic amines is 1. The molecule has 100 valence electrons. The molecule has 1 unspecified atom stereocenters. The molecule has 7 nitrogen and oxygen atoms in total. The van der Waals surface area contributed by atoms with E-state index in [0.29, 0.717) is 0 Å². The standard InChI is InChI=1S/C10H13FN2O5/c1-13-2-4(9(16)12-10(13)17)8-6(11)7(15)5(3-14)18-8/h2,5-8,14-15H,3H2,1H3,(H,12,16,17)/t5-,6+,7?,8+/m1/s1. The number of rotatable bonds is 2. The second-order valence-corrected chi connectivity index (χ2v) is 4.17. The minimum Gasteiger partial charge on any atom is -0.394 e. The normalized spacial score (nSPS) is 31.8. The summed E-state index contributed by atoms with van der Waals surface area (Å²) in [7, 11) is 1.39. The van der Waals surface area contributed by atoms with Gasteiger partial charge in [-0.05, 0) is 0 Å². The van der Waals surface area contributed by atoms with Gasteiger partial charge in [0.15, 0.2) is 6.17 Å². The minimum absolute atomic E-state index is 0.0976. The number of nitrogens with zero attached hydrogens (tertiary/aromatic N) is 1. The summed E-state index contributed by atoms with van der Waals surface area (Å²) in [6.45, 7) is -0.554. The molecule has 0 saturated carbocycles. The van der Waals surface area contributed by atoms with E-state index in [1.54, 1.807) is 0 Å². The molecule has 1 aromatic rings. The Hall–Kier alpha value is -1.51. The number of aliphatic hydroxyl groups excluding tert-OH is 2. The maximum absolute atomic E-state index is 13.8. The SMILES string of the molecule is Cn1cc([C@@H]2O[C@H](CO)C(O)[C@@H]2F)c(=O)[nH]c1=O. The molecule has 1 fully saturated rings. The second-order valence-electron chi connectivity index (χ2n) is 4.17. The van der Waals surface area contributed by atoms with E-state index in [-0.39, 0.29) is 5.56 Å². The van der Waals surface area contributed by atoms with Crippen molar-refractivity contribution in [1.82, 2.24) is 9.55 Å². The van der Waals surface area contributed by atoms with E-state index in [1.807, 2.05) is 4.98 Å². The number of ether oxygens (including phenoxy) is 1. The van der Waals surface area contributed by atoms with Crippen LogP contribution >= 0.6 is 0 Å². The molecule has 0 aromatic carbocycles. The van der Waals surface area contributed by atoms with Crippen LogP contribution in [-0.4, -0.2) is 44.8 Å². The second kappa shape index (κ2) is 4.63. The van der Waals surface area contributed by atoms with Gasteiger partial charge in [0.05, 0.1) is 12.2 Å². The molecular weight excluding hydrogens is 247 g/mol. The Bertz CT molecular complexity index is 554. The van der Waals surface area contributed by atoms with Crippen molar-refractivity contribution in [3.8, 4) is 0 Å². The number of hydrogen-bond acceptors (Lipinski definition) is 5. The quantitative estimate of drug-likeness (QED) is 0.582. The summed E-state index contributed by atoms with van der Waals surface area (Å²) >= 11 is 0. The summed E-state index contributed by atoms with van der Waals surface area (Å²) < 4.78 is 20.0. The molecule has 1 aromatic heterocycles. The number of nitrogens with one attached hydrogen (secondary N) is 1. The Labute approximate surface area is 100 Å². The van der Waals surface area contributed by atoms with Crippen LogP contribution in [0.3, 0.4) is 0 Å². The average Bonchev–Trinajstić information content (AvgIpc) is 2.61. The van der Waals surface area contributed by atoms with Gasteiger partial charge in [-0.1, -0.05) is 0 Å². The molecular formula is C10H13FN2O5. The van der Waals surface area contributed by atoms with Crippen molar-refractivity contribution < 1.29 is 19.3 Å². The summed E-state index contributed by atoms with van der Waals surface area (Å²) in [6.07, 6.45) is -4.56. The number of H-pyrrole nitrogens is 1. The number of aryl methyl sites for hydroxylation is 1. The lowest BCUT2D eigenvalue weighted by molar-refractivity contribution is -0.0231. The highest BCUT2D eigenvalue weighted by molar-refractivity contribution is 5.14. The van der Waals surface area contributed by atoms with Crippen LogP contribution < -0.4 is 11.2 Å².